The Morgan fingerprint density at radius 1 is 1.17 bits per heavy atom. The largest absolute Gasteiger partial charge is 0.384 e. The summed E-state index contributed by atoms with van der Waals surface area (Å²) in [6.07, 6.45) is 0.382. The average molecular weight is 501 g/mol. The van der Waals surface area contributed by atoms with Crippen LogP contribution in [0, 0.1) is 12.7 Å². The monoisotopic (exact) mass is 500 g/mol. The number of benzene rings is 2. The highest BCUT2D eigenvalue weighted by Gasteiger charge is 2.49. The van der Waals surface area contributed by atoms with Crippen molar-refractivity contribution in [3.63, 3.8) is 0 Å². The van der Waals surface area contributed by atoms with E-state index in [0.29, 0.717) is 23.3 Å². The number of carbonyl (C=O) groups is 1. The Morgan fingerprint density at radius 3 is 2.47 bits per heavy atom. The van der Waals surface area contributed by atoms with Gasteiger partial charge in [-0.15, -0.1) is 5.10 Å². The van der Waals surface area contributed by atoms with Crippen molar-refractivity contribution in [3.8, 4) is 0 Å². The molecule has 36 heavy (non-hydrogen) atoms. The number of fused-ring (bicyclic) bond motifs is 2. The number of hydrogen-bond donors (Lipinski definition) is 2. The van der Waals surface area contributed by atoms with E-state index in [9.17, 15) is 18.7 Å². The van der Waals surface area contributed by atoms with E-state index in [2.05, 4.69) is 15.5 Å². The van der Waals surface area contributed by atoms with Crippen molar-refractivity contribution in [2.75, 3.05) is 17.3 Å². The summed E-state index contributed by atoms with van der Waals surface area (Å²) in [6, 6.07) is 6.86. The first-order valence-electron chi connectivity index (χ1n) is 11.8. The third kappa shape index (κ3) is 4.09. The van der Waals surface area contributed by atoms with Gasteiger partial charge in [-0.2, -0.15) is 13.9 Å². The average Bonchev–Trinajstić information content (AvgIpc) is 2.77. The van der Waals surface area contributed by atoms with Crippen LogP contribution in [-0.4, -0.2) is 33.9 Å². The number of aryl methyl sites for hydroxylation is 1. The Hall–Kier alpha value is -3.20. The fourth-order valence-electron chi connectivity index (χ4n) is 4.71. The van der Waals surface area contributed by atoms with Crippen molar-refractivity contribution in [2.45, 2.75) is 70.9 Å². The van der Waals surface area contributed by atoms with E-state index in [4.69, 9.17) is 0 Å². The standard InChI is InChI=1S/C27H31F3N4O2/c1-14(16-9-8-10-19(23(16)28)27(29,30)26(5,6)36)31-24-18-12-21-20(11-17(18)15(2)32-33-24)25(3,4)13-22(35)34(21)7/h8-12,14,36H,13H2,1-7H3,(H,31,33). The minimum atomic E-state index is -3.80. The maximum Gasteiger partial charge on any atom is 0.303 e. The molecule has 192 valence electrons. The number of amides is 1. The van der Waals surface area contributed by atoms with Crippen LogP contribution in [0.25, 0.3) is 10.8 Å². The Labute approximate surface area is 208 Å². The molecule has 1 aliphatic rings. The van der Waals surface area contributed by atoms with Crippen LogP contribution in [0.3, 0.4) is 0 Å². The molecule has 0 saturated carbocycles. The van der Waals surface area contributed by atoms with Crippen molar-refractivity contribution in [2.24, 2.45) is 0 Å². The highest BCUT2D eigenvalue weighted by atomic mass is 19.3. The molecule has 9 heteroatoms. The molecule has 1 unspecified atom stereocenters. The van der Waals surface area contributed by atoms with Gasteiger partial charge in [0.1, 0.15) is 11.4 Å². The summed E-state index contributed by atoms with van der Waals surface area (Å²) < 4.78 is 44.9. The number of alkyl halides is 2. The first-order valence-corrected chi connectivity index (χ1v) is 11.8. The van der Waals surface area contributed by atoms with Crippen molar-refractivity contribution in [1.29, 1.82) is 0 Å². The highest BCUT2D eigenvalue weighted by molar-refractivity contribution is 6.03. The molecular formula is C27H31F3N4O2. The van der Waals surface area contributed by atoms with Crippen LogP contribution in [0.2, 0.25) is 0 Å². The summed E-state index contributed by atoms with van der Waals surface area (Å²) in [5, 5.41) is 23.1. The third-order valence-corrected chi connectivity index (χ3v) is 7.09. The van der Waals surface area contributed by atoms with Crippen LogP contribution < -0.4 is 10.2 Å². The van der Waals surface area contributed by atoms with Crippen LogP contribution in [0.15, 0.2) is 30.3 Å². The molecule has 2 heterocycles. The summed E-state index contributed by atoms with van der Waals surface area (Å²) in [7, 11) is 1.73. The van der Waals surface area contributed by atoms with Crippen LogP contribution >= 0.6 is 0 Å². The Morgan fingerprint density at radius 2 is 1.83 bits per heavy atom. The van der Waals surface area contributed by atoms with Gasteiger partial charge < -0.3 is 15.3 Å². The quantitative estimate of drug-likeness (QED) is 0.466. The Kier molecular flexibility index (Phi) is 6.06. The number of hydrogen-bond acceptors (Lipinski definition) is 5. The number of nitrogens with one attached hydrogen (secondary N) is 1. The van der Waals surface area contributed by atoms with Crippen LogP contribution in [0.4, 0.5) is 24.7 Å². The van der Waals surface area contributed by atoms with Crippen molar-refractivity contribution < 1.29 is 23.1 Å². The lowest BCUT2D eigenvalue weighted by molar-refractivity contribution is -0.170. The number of halogens is 3. The molecule has 0 aliphatic carbocycles. The number of anilines is 2. The van der Waals surface area contributed by atoms with Gasteiger partial charge in [-0.3, -0.25) is 4.79 Å². The van der Waals surface area contributed by atoms with E-state index < -0.39 is 28.9 Å². The second-order valence-corrected chi connectivity index (χ2v) is 10.8. The normalized spacial score (nSPS) is 16.8. The van der Waals surface area contributed by atoms with Gasteiger partial charge in [0.05, 0.1) is 17.3 Å². The molecule has 6 nitrogen and oxygen atoms in total. The fraction of sp³-hybridized carbons (Fsp3) is 0.444. The topological polar surface area (TPSA) is 78.4 Å². The van der Waals surface area contributed by atoms with Gasteiger partial charge in [0.25, 0.3) is 0 Å². The first kappa shape index (κ1) is 25.9. The molecule has 0 saturated heterocycles. The van der Waals surface area contributed by atoms with Gasteiger partial charge >= 0.3 is 5.92 Å². The molecule has 2 aromatic carbocycles. The fourth-order valence-corrected chi connectivity index (χ4v) is 4.71. The van der Waals surface area contributed by atoms with Gasteiger partial charge in [0.15, 0.2) is 5.82 Å². The second kappa shape index (κ2) is 8.44. The molecule has 3 aromatic rings. The number of aromatic nitrogens is 2. The summed E-state index contributed by atoms with van der Waals surface area (Å²) in [5.74, 6) is -4.56. The van der Waals surface area contributed by atoms with E-state index in [1.807, 2.05) is 32.9 Å². The van der Waals surface area contributed by atoms with E-state index in [0.717, 1.165) is 36.6 Å². The minimum Gasteiger partial charge on any atom is -0.384 e. The molecule has 0 spiro atoms. The first-order chi connectivity index (χ1) is 16.6. The molecule has 1 aromatic heterocycles. The number of carbonyl (C=O) groups excluding carboxylic acids is 1. The predicted molar refractivity (Wildman–Crippen MR) is 134 cm³/mol. The van der Waals surface area contributed by atoms with E-state index in [1.165, 1.54) is 12.1 Å². The maximum atomic E-state index is 15.3. The lowest BCUT2D eigenvalue weighted by Gasteiger charge is -2.37. The van der Waals surface area contributed by atoms with Gasteiger partial charge in [-0.1, -0.05) is 26.0 Å². The number of rotatable bonds is 5. The smallest absolute Gasteiger partial charge is 0.303 e. The Bertz CT molecular complexity index is 1370. The van der Waals surface area contributed by atoms with Gasteiger partial charge in [0, 0.05) is 40.9 Å². The SMILES string of the molecule is Cc1nnc(NC(C)c2cccc(C(F)(F)C(C)(C)O)c2F)c2cc3c(cc12)C(C)(C)CC(=O)N3C. The molecule has 1 aliphatic heterocycles. The van der Waals surface area contributed by atoms with Crippen molar-refractivity contribution in [3.05, 3.63) is 58.5 Å². The number of nitrogens with zero attached hydrogens (tertiary/aromatic N) is 3. The zero-order valence-electron chi connectivity index (χ0n) is 21.5. The predicted octanol–water partition coefficient (Wildman–Crippen LogP) is 5.76. The third-order valence-electron chi connectivity index (χ3n) is 7.09. The molecule has 0 bridgehead atoms. The lowest BCUT2D eigenvalue weighted by Crippen LogP contribution is -2.41. The van der Waals surface area contributed by atoms with Crippen molar-refractivity contribution in [1.82, 2.24) is 10.2 Å². The summed E-state index contributed by atoms with van der Waals surface area (Å²) in [5.41, 5.74) is -1.23. The summed E-state index contributed by atoms with van der Waals surface area (Å²) >= 11 is 0. The number of aliphatic hydroxyl groups is 1. The molecule has 4 rings (SSSR count). The zero-order chi connectivity index (χ0) is 26.8. The van der Waals surface area contributed by atoms with E-state index in [-0.39, 0.29) is 16.9 Å². The molecular weight excluding hydrogens is 469 g/mol. The van der Waals surface area contributed by atoms with Gasteiger partial charge in [-0.25, -0.2) is 4.39 Å². The van der Waals surface area contributed by atoms with Crippen LogP contribution in [-0.2, 0) is 16.1 Å². The second-order valence-electron chi connectivity index (χ2n) is 10.8. The van der Waals surface area contributed by atoms with Gasteiger partial charge in [0.2, 0.25) is 5.91 Å². The van der Waals surface area contributed by atoms with Crippen LogP contribution in [0.1, 0.15) is 69.5 Å². The molecule has 0 fully saturated rings. The molecule has 1 amide bonds. The summed E-state index contributed by atoms with van der Waals surface area (Å²) in [6.45, 7) is 9.40. The summed E-state index contributed by atoms with van der Waals surface area (Å²) in [4.78, 5) is 14.2. The lowest BCUT2D eigenvalue weighted by atomic mass is 9.76. The maximum absolute atomic E-state index is 15.3. The molecule has 1 atom stereocenters. The Balaban J connectivity index is 1.80. The van der Waals surface area contributed by atoms with Crippen molar-refractivity contribution >= 4 is 28.2 Å². The zero-order valence-corrected chi connectivity index (χ0v) is 21.5. The molecule has 2 N–H and O–H groups in total. The van der Waals surface area contributed by atoms with E-state index >= 15 is 4.39 Å². The van der Waals surface area contributed by atoms with Gasteiger partial charge in [-0.05, 0) is 51.5 Å². The highest BCUT2D eigenvalue weighted by Crippen LogP contribution is 2.44. The molecule has 0 radical (unpaired) electrons. The minimum absolute atomic E-state index is 0.0000799. The van der Waals surface area contributed by atoms with E-state index in [1.54, 1.807) is 18.9 Å². The van der Waals surface area contributed by atoms with Crippen LogP contribution in [0.5, 0.6) is 0 Å².